The minimum Gasteiger partial charge on any atom is -0.327 e. The van der Waals surface area contributed by atoms with E-state index in [1.165, 1.54) is 25.3 Å². The van der Waals surface area contributed by atoms with Crippen LogP contribution in [0.2, 0.25) is 5.02 Å². The highest BCUT2D eigenvalue weighted by atomic mass is 35.5. The molecule has 0 radical (unpaired) electrons. The van der Waals surface area contributed by atoms with Crippen LogP contribution in [-0.4, -0.2) is 6.04 Å². The quantitative estimate of drug-likeness (QED) is 0.797. The zero-order valence-electron chi connectivity index (χ0n) is 9.96. The summed E-state index contributed by atoms with van der Waals surface area (Å²) >= 11 is 6.06. The predicted molar refractivity (Wildman–Crippen MR) is 69.7 cm³/mol. The molecular weight excluding hydrogens is 237 g/mol. The van der Waals surface area contributed by atoms with Gasteiger partial charge >= 0.3 is 0 Å². The number of nitrogens with two attached hydrogens (primary N) is 1. The molecule has 2 atom stereocenters. The fourth-order valence-corrected chi connectivity index (χ4v) is 2.90. The molecule has 0 heterocycles. The van der Waals surface area contributed by atoms with Crippen molar-refractivity contribution in [3.05, 3.63) is 34.6 Å². The number of rotatable bonds is 2. The van der Waals surface area contributed by atoms with E-state index in [0.29, 0.717) is 22.9 Å². The van der Waals surface area contributed by atoms with Crippen LogP contribution >= 0.6 is 11.6 Å². The summed E-state index contributed by atoms with van der Waals surface area (Å²) in [4.78, 5) is 0. The van der Waals surface area contributed by atoms with Crippen molar-refractivity contribution in [3.63, 3.8) is 0 Å². The van der Waals surface area contributed by atoms with Crippen molar-refractivity contribution in [3.8, 4) is 0 Å². The van der Waals surface area contributed by atoms with Gasteiger partial charge < -0.3 is 5.73 Å². The molecule has 1 saturated carbocycles. The largest absolute Gasteiger partial charge is 0.327 e. The van der Waals surface area contributed by atoms with E-state index in [4.69, 9.17) is 17.3 Å². The lowest BCUT2D eigenvalue weighted by Gasteiger charge is -2.22. The minimum absolute atomic E-state index is 0.188. The van der Waals surface area contributed by atoms with Gasteiger partial charge in [-0.15, -0.1) is 0 Å². The summed E-state index contributed by atoms with van der Waals surface area (Å²) in [7, 11) is 0. The second-order valence-electron chi connectivity index (χ2n) is 4.97. The van der Waals surface area contributed by atoms with Crippen LogP contribution in [0, 0.1) is 11.7 Å². The van der Waals surface area contributed by atoms with Crippen molar-refractivity contribution in [1.82, 2.24) is 0 Å². The van der Waals surface area contributed by atoms with Crippen LogP contribution < -0.4 is 5.73 Å². The van der Waals surface area contributed by atoms with Crippen molar-refractivity contribution in [2.75, 3.05) is 0 Å². The van der Waals surface area contributed by atoms with Gasteiger partial charge in [0.05, 0.1) is 0 Å². The van der Waals surface area contributed by atoms with E-state index in [2.05, 4.69) is 0 Å². The highest BCUT2D eigenvalue weighted by Gasteiger charge is 2.22. The first kappa shape index (κ1) is 12.8. The van der Waals surface area contributed by atoms with Crippen LogP contribution in [0.3, 0.4) is 0 Å². The third kappa shape index (κ3) is 3.20. The van der Waals surface area contributed by atoms with E-state index < -0.39 is 0 Å². The van der Waals surface area contributed by atoms with Crippen LogP contribution in [-0.2, 0) is 6.42 Å². The maximum absolute atomic E-state index is 13.7. The van der Waals surface area contributed by atoms with E-state index >= 15 is 0 Å². The summed E-state index contributed by atoms with van der Waals surface area (Å²) in [5.74, 6) is 0.167. The summed E-state index contributed by atoms with van der Waals surface area (Å²) in [6.45, 7) is 0. The van der Waals surface area contributed by atoms with Gasteiger partial charge in [-0.3, -0.25) is 0 Å². The highest BCUT2D eigenvalue weighted by Crippen LogP contribution is 2.29. The Balaban J connectivity index is 2.13. The monoisotopic (exact) mass is 255 g/mol. The zero-order chi connectivity index (χ0) is 12.3. The van der Waals surface area contributed by atoms with Gasteiger partial charge in [-0.2, -0.15) is 0 Å². The standard InChI is InChI=1S/C14H19ClFN/c15-12-6-4-7-13(16)11(12)9-10-5-2-1-3-8-14(10)17/h4,6-7,10,14H,1-3,5,8-9,17H2. The fraction of sp³-hybridized carbons (Fsp3) is 0.571. The molecule has 17 heavy (non-hydrogen) atoms. The Labute approximate surface area is 107 Å². The van der Waals surface area contributed by atoms with Crippen LogP contribution in [0.15, 0.2) is 18.2 Å². The predicted octanol–water partition coefficient (Wildman–Crippen LogP) is 3.93. The van der Waals surface area contributed by atoms with Gasteiger partial charge in [0.1, 0.15) is 5.82 Å². The lowest BCUT2D eigenvalue weighted by atomic mass is 9.89. The Morgan fingerprint density at radius 3 is 2.76 bits per heavy atom. The van der Waals surface area contributed by atoms with E-state index in [9.17, 15) is 4.39 Å². The first-order chi connectivity index (χ1) is 8.18. The number of hydrogen-bond donors (Lipinski definition) is 1. The molecule has 1 aromatic rings. The van der Waals surface area contributed by atoms with Crippen molar-refractivity contribution in [1.29, 1.82) is 0 Å². The summed E-state index contributed by atoms with van der Waals surface area (Å²) in [5.41, 5.74) is 6.80. The maximum atomic E-state index is 13.7. The van der Waals surface area contributed by atoms with Crippen molar-refractivity contribution < 1.29 is 4.39 Å². The zero-order valence-corrected chi connectivity index (χ0v) is 10.7. The molecule has 2 N–H and O–H groups in total. The third-order valence-corrected chi connectivity index (χ3v) is 4.10. The van der Waals surface area contributed by atoms with Crippen molar-refractivity contribution >= 4 is 11.6 Å². The molecule has 0 aliphatic heterocycles. The van der Waals surface area contributed by atoms with Crippen LogP contribution in [0.1, 0.15) is 37.7 Å². The van der Waals surface area contributed by atoms with Crippen LogP contribution in [0.4, 0.5) is 4.39 Å². The SMILES string of the molecule is NC1CCCCCC1Cc1c(F)cccc1Cl. The minimum atomic E-state index is -0.200. The van der Waals surface area contributed by atoms with Crippen molar-refractivity contribution in [2.24, 2.45) is 11.7 Å². The molecule has 1 nitrogen and oxygen atoms in total. The Kier molecular flexibility index (Phi) is 4.41. The number of benzene rings is 1. The number of halogens is 2. The lowest BCUT2D eigenvalue weighted by molar-refractivity contribution is 0.390. The summed E-state index contributed by atoms with van der Waals surface area (Å²) in [5, 5.41) is 0.529. The Morgan fingerprint density at radius 2 is 2.00 bits per heavy atom. The second kappa shape index (κ2) is 5.83. The van der Waals surface area contributed by atoms with E-state index in [-0.39, 0.29) is 11.9 Å². The molecule has 1 fully saturated rings. The molecule has 3 heteroatoms. The molecule has 2 rings (SSSR count). The maximum Gasteiger partial charge on any atom is 0.127 e. The molecule has 0 bridgehead atoms. The van der Waals surface area contributed by atoms with Gasteiger partial charge in [0, 0.05) is 16.6 Å². The van der Waals surface area contributed by atoms with Crippen LogP contribution in [0.25, 0.3) is 0 Å². The smallest absolute Gasteiger partial charge is 0.127 e. The molecule has 0 aromatic heterocycles. The molecule has 1 aliphatic carbocycles. The van der Waals surface area contributed by atoms with Gasteiger partial charge in [0.15, 0.2) is 0 Å². The molecule has 0 amide bonds. The fourth-order valence-electron chi connectivity index (χ4n) is 2.66. The normalized spacial score (nSPS) is 25.6. The van der Waals surface area contributed by atoms with Gasteiger partial charge in [0.2, 0.25) is 0 Å². The Morgan fingerprint density at radius 1 is 1.24 bits per heavy atom. The van der Waals surface area contributed by atoms with Crippen molar-refractivity contribution in [2.45, 2.75) is 44.6 Å². The van der Waals surface area contributed by atoms with Gasteiger partial charge in [0.25, 0.3) is 0 Å². The van der Waals surface area contributed by atoms with Gasteiger partial charge in [-0.1, -0.05) is 36.9 Å². The van der Waals surface area contributed by atoms with E-state index in [0.717, 1.165) is 12.8 Å². The molecule has 1 aromatic carbocycles. The molecule has 0 saturated heterocycles. The molecular formula is C14H19ClFN. The molecule has 0 spiro atoms. The Bertz CT molecular complexity index is 360. The summed E-state index contributed by atoms with van der Waals surface area (Å²) in [6.07, 6.45) is 6.46. The summed E-state index contributed by atoms with van der Waals surface area (Å²) in [6, 6.07) is 5.06. The first-order valence-corrected chi connectivity index (χ1v) is 6.74. The second-order valence-corrected chi connectivity index (χ2v) is 5.37. The van der Waals surface area contributed by atoms with E-state index in [1.807, 2.05) is 0 Å². The average Bonchev–Trinajstić information content (AvgIpc) is 2.49. The molecule has 2 unspecified atom stereocenters. The van der Waals surface area contributed by atoms with Crippen LogP contribution in [0.5, 0.6) is 0 Å². The highest BCUT2D eigenvalue weighted by molar-refractivity contribution is 6.31. The topological polar surface area (TPSA) is 26.0 Å². The molecule has 94 valence electrons. The third-order valence-electron chi connectivity index (χ3n) is 3.75. The van der Waals surface area contributed by atoms with Gasteiger partial charge in [-0.25, -0.2) is 4.39 Å². The number of hydrogen-bond acceptors (Lipinski definition) is 1. The van der Waals surface area contributed by atoms with E-state index in [1.54, 1.807) is 12.1 Å². The Hall–Kier alpha value is -0.600. The average molecular weight is 256 g/mol. The van der Waals surface area contributed by atoms with Gasteiger partial charge in [-0.05, 0) is 37.3 Å². The molecule has 1 aliphatic rings. The first-order valence-electron chi connectivity index (χ1n) is 6.37. The summed E-state index contributed by atoms with van der Waals surface area (Å²) < 4.78 is 13.7. The lowest BCUT2D eigenvalue weighted by Crippen LogP contribution is -2.30.